The Hall–Kier alpha value is -3.56. The lowest BCUT2D eigenvalue weighted by atomic mass is 9.95. The van der Waals surface area contributed by atoms with Gasteiger partial charge >= 0.3 is 12.4 Å². The second-order valence-corrected chi connectivity index (χ2v) is 9.43. The number of nitrogens with one attached hydrogen (secondary N) is 2. The van der Waals surface area contributed by atoms with Crippen molar-refractivity contribution in [3.63, 3.8) is 0 Å². The molecule has 10 nitrogen and oxygen atoms in total. The Kier molecular flexibility index (Phi) is 7.95. The van der Waals surface area contributed by atoms with E-state index in [1.807, 2.05) is 4.90 Å². The average Bonchev–Trinajstić information content (AvgIpc) is 2.86. The fourth-order valence-corrected chi connectivity index (χ4v) is 4.64. The number of hydrogen-bond donors (Lipinski definition) is 2. The smallest absolute Gasteiger partial charge is 0.423 e. The van der Waals surface area contributed by atoms with Crippen molar-refractivity contribution in [2.24, 2.45) is 0 Å². The number of halogens is 6. The number of nitrogens with zero attached hydrogens (tertiary/aromatic N) is 4. The summed E-state index contributed by atoms with van der Waals surface area (Å²) in [5.74, 6) is 0.0543. The first-order valence-corrected chi connectivity index (χ1v) is 12.0. The highest BCUT2D eigenvalue weighted by atomic mass is 19.4. The molecule has 0 saturated carbocycles. The summed E-state index contributed by atoms with van der Waals surface area (Å²) in [6, 6.07) is -0.120. The second-order valence-electron chi connectivity index (χ2n) is 9.43. The zero-order valence-electron chi connectivity index (χ0n) is 20.9. The monoisotopic (exact) mass is 564 g/mol. The number of aromatic amines is 1. The van der Waals surface area contributed by atoms with Crippen LogP contribution in [0.25, 0.3) is 0 Å². The predicted molar refractivity (Wildman–Crippen MR) is 125 cm³/mol. The molecule has 214 valence electrons. The van der Waals surface area contributed by atoms with Crippen LogP contribution in [0.15, 0.2) is 23.3 Å². The van der Waals surface area contributed by atoms with E-state index in [0.29, 0.717) is 25.2 Å². The van der Waals surface area contributed by atoms with Crippen molar-refractivity contribution in [1.82, 2.24) is 20.1 Å². The summed E-state index contributed by atoms with van der Waals surface area (Å²) in [7, 11) is 1.61. The molecule has 2 aromatic heterocycles. The number of aromatic nitrogens is 3. The number of hydrogen-bond acceptors (Lipinski definition) is 8. The first kappa shape index (κ1) is 28.4. The van der Waals surface area contributed by atoms with E-state index in [4.69, 9.17) is 9.47 Å². The number of carbonyl (C=O) groups is 1. The molecule has 2 aliphatic rings. The van der Waals surface area contributed by atoms with Crippen LogP contribution in [0.1, 0.15) is 30.9 Å². The summed E-state index contributed by atoms with van der Waals surface area (Å²) in [6.45, 7) is 1.67. The Morgan fingerprint density at radius 3 is 2.72 bits per heavy atom. The molecule has 0 bridgehead atoms. The maximum atomic E-state index is 13.2. The van der Waals surface area contributed by atoms with Gasteiger partial charge in [-0.25, -0.2) is 10.1 Å². The van der Waals surface area contributed by atoms with E-state index in [1.165, 1.54) is 11.8 Å². The molecule has 2 aliphatic heterocycles. The molecule has 1 fully saturated rings. The third-order valence-corrected chi connectivity index (χ3v) is 6.63. The number of H-pyrrole nitrogens is 1. The molecule has 4 rings (SSSR count). The van der Waals surface area contributed by atoms with Crippen LogP contribution >= 0.6 is 0 Å². The number of ether oxygens (including phenoxy) is 2. The largest absolute Gasteiger partial charge is 0.488 e. The van der Waals surface area contributed by atoms with Crippen LogP contribution in [0, 0.1) is 0 Å². The number of pyridine rings is 1. The summed E-state index contributed by atoms with van der Waals surface area (Å²) in [5, 5.41) is 7.67. The Morgan fingerprint density at radius 1 is 1.28 bits per heavy atom. The van der Waals surface area contributed by atoms with Gasteiger partial charge < -0.3 is 24.6 Å². The molecule has 1 unspecified atom stereocenters. The van der Waals surface area contributed by atoms with Gasteiger partial charge in [0.2, 0.25) is 5.91 Å². The van der Waals surface area contributed by atoms with Gasteiger partial charge in [-0.05, 0) is 25.8 Å². The van der Waals surface area contributed by atoms with Crippen LogP contribution in [0.3, 0.4) is 0 Å². The molecule has 4 heterocycles. The highest BCUT2D eigenvalue weighted by molar-refractivity contribution is 5.77. The maximum Gasteiger partial charge on any atom is 0.423 e. The van der Waals surface area contributed by atoms with Crippen LogP contribution < -0.4 is 20.5 Å². The van der Waals surface area contributed by atoms with Gasteiger partial charge in [-0.1, -0.05) is 0 Å². The minimum Gasteiger partial charge on any atom is -0.488 e. The van der Waals surface area contributed by atoms with Gasteiger partial charge in [0, 0.05) is 31.9 Å². The number of rotatable bonds is 7. The van der Waals surface area contributed by atoms with E-state index in [0.717, 1.165) is 18.5 Å². The van der Waals surface area contributed by atoms with E-state index in [1.54, 1.807) is 12.1 Å². The number of piperidine rings is 1. The molecule has 1 saturated heterocycles. The number of carbonyl (C=O) groups excluding carboxylic acids is 1. The Labute approximate surface area is 218 Å². The summed E-state index contributed by atoms with van der Waals surface area (Å²) in [5.41, 5.74) is -4.17. The second kappa shape index (κ2) is 10.9. The third-order valence-electron chi connectivity index (χ3n) is 6.63. The van der Waals surface area contributed by atoms with Gasteiger partial charge in [-0.3, -0.25) is 9.59 Å². The fourth-order valence-electron chi connectivity index (χ4n) is 4.64. The van der Waals surface area contributed by atoms with Gasteiger partial charge in [-0.2, -0.15) is 31.4 Å². The van der Waals surface area contributed by atoms with Crippen molar-refractivity contribution in [2.75, 3.05) is 43.6 Å². The maximum absolute atomic E-state index is 13.2. The van der Waals surface area contributed by atoms with E-state index < -0.39 is 40.8 Å². The lowest BCUT2D eigenvalue weighted by Gasteiger charge is -2.45. The first-order valence-electron chi connectivity index (χ1n) is 12.0. The molecular formula is C23H26F6N6O4. The van der Waals surface area contributed by atoms with Crippen LogP contribution in [0.5, 0.6) is 5.75 Å². The Bertz CT molecular complexity index is 1250. The Morgan fingerprint density at radius 2 is 2.03 bits per heavy atom. The van der Waals surface area contributed by atoms with Crippen molar-refractivity contribution in [1.29, 1.82) is 0 Å². The van der Waals surface area contributed by atoms with Crippen LogP contribution in [-0.4, -0.2) is 77.5 Å². The van der Waals surface area contributed by atoms with Gasteiger partial charge in [-0.15, -0.1) is 0 Å². The minimum atomic E-state index is -4.89. The van der Waals surface area contributed by atoms with E-state index >= 15 is 0 Å². The molecule has 2 N–H and O–H groups in total. The van der Waals surface area contributed by atoms with Crippen molar-refractivity contribution < 1.29 is 40.6 Å². The number of fused-ring (bicyclic) bond motifs is 3. The van der Waals surface area contributed by atoms with Gasteiger partial charge in [0.05, 0.1) is 30.1 Å². The molecule has 39 heavy (non-hydrogen) atoms. The van der Waals surface area contributed by atoms with Crippen molar-refractivity contribution >= 4 is 17.4 Å². The van der Waals surface area contributed by atoms with E-state index in [9.17, 15) is 35.9 Å². The standard InChI is InChI=1S/C23H26F6N6O4/c1-12(32-16-8-31-33-21(37)19(16)23(27,28)29)9-38-11-18(36)34(2)14-3-4-35-15(6-14)10-39-17-5-13(22(24,25)26)7-30-20(17)35/h5,7-8,12,14-15H,3-4,6,9-11H2,1-2H3,(H2,32,33,37)/t12-,14?,15-/m0/s1. The number of likely N-dealkylation sites (N-methyl/N-ethyl adjacent to an activating group) is 1. The zero-order valence-corrected chi connectivity index (χ0v) is 20.9. The lowest BCUT2D eigenvalue weighted by molar-refractivity contribution is -0.138. The summed E-state index contributed by atoms with van der Waals surface area (Å²) >= 11 is 0. The molecule has 0 aliphatic carbocycles. The quantitative estimate of drug-likeness (QED) is 0.494. The molecule has 0 spiro atoms. The SMILES string of the molecule is C[C@@H](COCC(=O)N(C)C1CCN2c3ncc(C(F)(F)F)cc3OC[C@@H]2C1)Nc1cn[nH]c(=O)c1C(F)(F)F. The molecule has 0 aromatic carbocycles. The summed E-state index contributed by atoms with van der Waals surface area (Å²) in [4.78, 5) is 31.7. The van der Waals surface area contributed by atoms with Crippen molar-refractivity contribution in [3.8, 4) is 5.75 Å². The topological polar surface area (TPSA) is 113 Å². The first-order chi connectivity index (χ1) is 18.3. The van der Waals surface area contributed by atoms with Crippen molar-refractivity contribution in [2.45, 2.75) is 50.2 Å². The highest BCUT2D eigenvalue weighted by Crippen LogP contribution is 2.40. The van der Waals surface area contributed by atoms with Gasteiger partial charge in [0.15, 0.2) is 11.6 Å². The Balaban J connectivity index is 1.28. The predicted octanol–water partition coefficient (Wildman–Crippen LogP) is 2.91. The van der Waals surface area contributed by atoms with Crippen molar-refractivity contribution in [3.05, 3.63) is 39.9 Å². The number of anilines is 2. The normalized spacial score (nSPS) is 19.9. The third kappa shape index (κ3) is 6.37. The minimum absolute atomic E-state index is 0.0679. The summed E-state index contributed by atoms with van der Waals surface area (Å²) in [6.07, 6.45) is -6.76. The van der Waals surface area contributed by atoms with Crippen LogP contribution in [-0.2, 0) is 21.9 Å². The molecule has 3 atom stereocenters. The fraction of sp³-hybridized carbons (Fsp3) is 0.565. The molecule has 2 aromatic rings. The zero-order chi connectivity index (χ0) is 28.5. The molecule has 16 heteroatoms. The highest BCUT2D eigenvalue weighted by Gasteiger charge is 2.40. The average molecular weight is 564 g/mol. The van der Waals surface area contributed by atoms with Crippen LogP contribution in [0.4, 0.5) is 37.8 Å². The molecular weight excluding hydrogens is 538 g/mol. The van der Waals surface area contributed by atoms with Crippen LogP contribution in [0.2, 0.25) is 0 Å². The number of amides is 1. The van der Waals surface area contributed by atoms with E-state index in [2.05, 4.69) is 15.4 Å². The molecule has 1 amide bonds. The van der Waals surface area contributed by atoms with E-state index in [-0.39, 0.29) is 43.6 Å². The summed E-state index contributed by atoms with van der Waals surface area (Å²) < 4.78 is 89.5. The lowest BCUT2D eigenvalue weighted by Crippen LogP contribution is -2.54. The number of alkyl halides is 6. The molecule has 0 radical (unpaired) electrons. The van der Waals surface area contributed by atoms with Gasteiger partial charge in [0.1, 0.15) is 18.8 Å². The van der Waals surface area contributed by atoms with Gasteiger partial charge in [0.25, 0.3) is 5.56 Å².